The number of fused-ring (bicyclic) bond motifs is 1. The van der Waals surface area contributed by atoms with Gasteiger partial charge in [-0.2, -0.15) is 5.10 Å². The molecule has 0 unspecified atom stereocenters. The summed E-state index contributed by atoms with van der Waals surface area (Å²) >= 11 is 0. The molecular formula is C17H13FN6. The lowest BCUT2D eigenvalue weighted by Gasteiger charge is -2.06. The Kier molecular flexibility index (Phi) is 3.59. The van der Waals surface area contributed by atoms with Gasteiger partial charge in [-0.05, 0) is 29.8 Å². The molecule has 0 amide bonds. The van der Waals surface area contributed by atoms with Crippen LogP contribution in [0.15, 0.2) is 61.4 Å². The van der Waals surface area contributed by atoms with Crippen molar-refractivity contribution in [3.05, 3.63) is 72.8 Å². The van der Waals surface area contributed by atoms with Crippen LogP contribution in [-0.2, 0) is 6.54 Å². The van der Waals surface area contributed by atoms with E-state index in [1.165, 1.54) is 12.4 Å². The predicted molar refractivity (Wildman–Crippen MR) is 88.3 cm³/mol. The van der Waals surface area contributed by atoms with Crippen LogP contribution in [0.4, 0.5) is 15.9 Å². The van der Waals surface area contributed by atoms with E-state index >= 15 is 0 Å². The van der Waals surface area contributed by atoms with Crippen LogP contribution in [0.3, 0.4) is 0 Å². The molecule has 0 radical (unpaired) electrons. The van der Waals surface area contributed by atoms with Crippen LogP contribution in [-0.4, -0.2) is 24.7 Å². The molecular weight excluding hydrogens is 307 g/mol. The number of nitrogens with zero attached hydrogens (tertiary/aromatic N) is 5. The molecule has 0 aliphatic rings. The van der Waals surface area contributed by atoms with E-state index in [4.69, 9.17) is 0 Å². The number of aromatic nitrogens is 5. The van der Waals surface area contributed by atoms with Crippen LogP contribution in [0.1, 0.15) is 5.56 Å². The molecule has 0 aliphatic heterocycles. The summed E-state index contributed by atoms with van der Waals surface area (Å²) in [5, 5.41) is 8.11. The Labute approximate surface area is 137 Å². The van der Waals surface area contributed by atoms with Crippen molar-refractivity contribution in [1.82, 2.24) is 24.7 Å². The molecule has 3 aromatic heterocycles. The largest absolute Gasteiger partial charge is 0.337 e. The fourth-order valence-electron chi connectivity index (χ4n) is 2.48. The summed E-state index contributed by atoms with van der Waals surface area (Å²) in [5.74, 6) is 0.175. The molecule has 7 heteroatoms. The zero-order chi connectivity index (χ0) is 16.4. The summed E-state index contributed by atoms with van der Waals surface area (Å²) in [7, 11) is 0. The zero-order valence-corrected chi connectivity index (χ0v) is 12.6. The van der Waals surface area contributed by atoms with Gasteiger partial charge in [0.25, 0.3) is 0 Å². The minimum Gasteiger partial charge on any atom is -0.337 e. The summed E-state index contributed by atoms with van der Waals surface area (Å²) in [6.45, 7) is 0.642. The molecule has 0 spiro atoms. The molecule has 0 aliphatic carbocycles. The Morgan fingerprint density at radius 2 is 1.96 bits per heavy atom. The summed E-state index contributed by atoms with van der Waals surface area (Å²) in [4.78, 5) is 12.2. The Balaban J connectivity index is 1.60. The van der Waals surface area contributed by atoms with Gasteiger partial charge in [-0.25, -0.2) is 14.4 Å². The molecule has 0 bridgehead atoms. The van der Waals surface area contributed by atoms with E-state index < -0.39 is 0 Å². The van der Waals surface area contributed by atoms with Gasteiger partial charge in [-0.15, -0.1) is 0 Å². The Morgan fingerprint density at radius 1 is 1.08 bits per heavy atom. The van der Waals surface area contributed by atoms with Gasteiger partial charge >= 0.3 is 0 Å². The van der Waals surface area contributed by atoms with Gasteiger partial charge in [0.05, 0.1) is 18.4 Å². The lowest BCUT2D eigenvalue weighted by Crippen LogP contribution is -2.00. The highest BCUT2D eigenvalue weighted by Gasteiger charge is 2.08. The average Bonchev–Trinajstić information content (AvgIpc) is 3.04. The second-order valence-electron chi connectivity index (χ2n) is 5.27. The molecule has 0 fully saturated rings. The second kappa shape index (κ2) is 6.04. The summed E-state index contributed by atoms with van der Waals surface area (Å²) in [6, 6.07) is 8.68. The third kappa shape index (κ3) is 2.79. The van der Waals surface area contributed by atoms with Gasteiger partial charge in [0, 0.05) is 24.0 Å². The standard InChI is InChI=1S/C17H13FN6/c18-15-3-1-2-14-16(15)20-11-21-17(14)23-13-8-22-24(10-13)9-12-4-6-19-7-5-12/h1-8,10-11H,9H2,(H,20,21,23). The zero-order valence-electron chi connectivity index (χ0n) is 12.6. The maximum Gasteiger partial charge on any atom is 0.149 e. The number of rotatable bonds is 4. The minimum atomic E-state index is -0.369. The maximum atomic E-state index is 13.8. The van der Waals surface area contributed by atoms with Crippen molar-refractivity contribution in [1.29, 1.82) is 0 Å². The highest BCUT2D eigenvalue weighted by molar-refractivity contribution is 5.90. The van der Waals surface area contributed by atoms with Gasteiger partial charge < -0.3 is 5.32 Å². The predicted octanol–water partition coefficient (Wildman–Crippen LogP) is 3.15. The number of halogens is 1. The molecule has 0 atom stereocenters. The van der Waals surface area contributed by atoms with Crippen molar-refractivity contribution in [2.75, 3.05) is 5.32 Å². The van der Waals surface area contributed by atoms with E-state index in [0.717, 1.165) is 11.3 Å². The third-order valence-electron chi connectivity index (χ3n) is 3.61. The first-order chi connectivity index (χ1) is 11.8. The monoisotopic (exact) mass is 320 g/mol. The van der Waals surface area contributed by atoms with E-state index in [-0.39, 0.29) is 5.82 Å². The van der Waals surface area contributed by atoms with Gasteiger partial charge in [-0.1, -0.05) is 6.07 Å². The molecule has 1 aromatic carbocycles. The molecule has 1 N–H and O–H groups in total. The van der Waals surface area contributed by atoms with Crippen molar-refractivity contribution in [2.24, 2.45) is 0 Å². The van der Waals surface area contributed by atoms with E-state index in [1.807, 2.05) is 23.0 Å². The second-order valence-corrected chi connectivity index (χ2v) is 5.27. The topological polar surface area (TPSA) is 68.5 Å². The van der Waals surface area contributed by atoms with Crippen LogP contribution < -0.4 is 5.32 Å². The lowest BCUT2D eigenvalue weighted by atomic mass is 10.2. The van der Waals surface area contributed by atoms with E-state index in [9.17, 15) is 4.39 Å². The Morgan fingerprint density at radius 3 is 2.83 bits per heavy atom. The number of benzene rings is 1. The fraction of sp³-hybridized carbons (Fsp3) is 0.0588. The highest BCUT2D eigenvalue weighted by Crippen LogP contribution is 2.24. The first-order valence-corrected chi connectivity index (χ1v) is 7.37. The number of nitrogens with one attached hydrogen (secondary N) is 1. The molecule has 4 rings (SSSR count). The van der Waals surface area contributed by atoms with Gasteiger partial charge in [-0.3, -0.25) is 9.67 Å². The normalized spacial score (nSPS) is 10.9. The number of anilines is 2. The maximum absolute atomic E-state index is 13.8. The number of pyridine rings is 1. The quantitative estimate of drug-likeness (QED) is 0.625. The van der Waals surface area contributed by atoms with E-state index in [2.05, 4.69) is 25.4 Å². The number of hydrogen-bond donors (Lipinski definition) is 1. The SMILES string of the molecule is Fc1cccc2c(Nc3cnn(Cc4ccncc4)c3)ncnc12. The van der Waals surface area contributed by atoms with Crippen molar-refractivity contribution in [2.45, 2.75) is 6.54 Å². The number of para-hydroxylation sites is 1. The van der Waals surface area contributed by atoms with Gasteiger partial charge in [0.1, 0.15) is 23.5 Å². The molecule has 118 valence electrons. The molecule has 3 heterocycles. The minimum absolute atomic E-state index is 0.291. The summed E-state index contributed by atoms with van der Waals surface area (Å²) in [6.07, 6.45) is 8.41. The summed E-state index contributed by atoms with van der Waals surface area (Å²) < 4.78 is 15.6. The van der Waals surface area contributed by atoms with Crippen LogP contribution in [0.25, 0.3) is 10.9 Å². The van der Waals surface area contributed by atoms with Crippen molar-refractivity contribution >= 4 is 22.4 Å². The van der Waals surface area contributed by atoms with E-state index in [0.29, 0.717) is 23.3 Å². The highest BCUT2D eigenvalue weighted by atomic mass is 19.1. The Bertz CT molecular complexity index is 983. The van der Waals surface area contributed by atoms with Crippen molar-refractivity contribution in [3.8, 4) is 0 Å². The Hall–Kier alpha value is -3.35. The number of hydrogen-bond acceptors (Lipinski definition) is 5. The molecule has 6 nitrogen and oxygen atoms in total. The molecule has 0 saturated heterocycles. The summed E-state index contributed by atoms with van der Waals surface area (Å²) in [5.41, 5.74) is 2.17. The van der Waals surface area contributed by atoms with Crippen LogP contribution in [0, 0.1) is 5.82 Å². The van der Waals surface area contributed by atoms with E-state index in [1.54, 1.807) is 30.7 Å². The molecule has 0 saturated carbocycles. The van der Waals surface area contributed by atoms with Gasteiger partial charge in [0.2, 0.25) is 0 Å². The van der Waals surface area contributed by atoms with Crippen LogP contribution in [0.2, 0.25) is 0 Å². The first-order valence-electron chi connectivity index (χ1n) is 7.37. The van der Waals surface area contributed by atoms with Crippen LogP contribution >= 0.6 is 0 Å². The van der Waals surface area contributed by atoms with Gasteiger partial charge in [0.15, 0.2) is 0 Å². The molecule has 24 heavy (non-hydrogen) atoms. The van der Waals surface area contributed by atoms with Crippen molar-refractivity contribution in [3.63, 3.8) is 0 Å². The smallest absolute Gasteiger partial charge is 0.149 e. The fourth-order valence-corrected chi connectivity index (χ4v) is 2.48. The van der Waals surface area contributed by atoms with Crippen molar-refractivity contribution < 1.29 is 4.39 Å². The first kappa shape index (κ1) is 14.3. The average molecular weight is 320 g/mol. The lowest BCUT2D eigenvalue weighted by molar-refractivity contribution is 0.636. The third-order valence-corrected chi connectivity index (χ3v) is 3.61. The van der Waals surface area contributed by atoms with Crippen LogP contribution in [0.5, 0.6) is 0 Å². The molecule has 4 aromatic rings.